The van der Waals surface area contributed by atoms with E-state index >= 15 is 0 Å². The maximum atomic E-state index is 13.3. The Morgan fingerprint density at radius 1 is 0.767 bits per heavy atom. The Hall–Kier alpha value is -3.47. The molecule has 0 aliphatic heterocycles. The van der Waals surface area contributed by atoms with Crippen molar-refractivity contribution in [2.75, 3.05) is 38.0 Å². The molecule has 3 aromatic rings. The number of rotatable bonds is 7. The molecule has 0 heterocycles. The Morgan fingerprint density at radius 3 is 2.03 bits per heavy atom. The molecule has 0 spiro atoms. The van der Waals surface area contributed by atoms with E-state index in [1.165, 1.54) is 0 Å². The molecule has 156 valence electrons. The van der Waals surface area contributed by atoms with Crippen molar-refractivity contribution in [3.05, 3.63) is 82.9 Å². The first-order chi connectivity index (χ1) is 14.3. The van der Waals surface area contributed by atoms with Crippen LogP contribution in [0.15, 0.2) is 60.7 Å². The minimum Gasteiger partial charge on any atom is -0.375 e. The first kappa shape index (κ1) is 21.2. The van der Waals surface area contributed by atoms with E-state index in [1.54, 1.807) is 12.1 Å². The summed E-state index contributed by atoms with van der Waals surface area (Å²) in [4.78, 5) is 28.9. The normalized spacial score (nSPS) is 10.5. The molecule has 0 unspecified atom stereocenters. The standard InChI is InChI=1S/C25H28N2O3/c1-17-12-14-20(26(3)4)22(16-17)29-30-25-21(27(5)6)15-13-18(2)23(25)24(28)19-10-8-7-9-11-19/h7-16H,1-6H3. The Balaban J connectivity index is 2.07. The van der Waals surface area contributed by atoms with E-state index in [-0.39, 0.29) is 5.78 Å². The number of carbonyl (C=O) groups excluding carboxylic acids is 1. The van der Waals surface area contributed by atoms with Gasteiger partial charge in [-0.2, -0.15) is 0 Å². The molecule has 0 radical (unpaired) electrons. The van der Waals surface area contributed by atoms with E-state index < -0.39 is 0 Å². The molecule has 0 fully saturated rings. The van der Waals surface area contributed by atoms with E-state index in [0.29, 0.717) is 22.6 Å². The van der Waals surface area contributed by atoms with E-state index in [1.807, 2.05) is 100 Å². The molecule has 0 saturated carbocycles. The minimum atomic E-state index is -0.104. The van der Waals surface area contributed by atoms with Crippen molar-refractivity contribution >= 4 is 17.2 Å². The van der Waals surface area contributed by atoms with Gasteiger partial charge < -0.3 is 9.80 Å². The molecule has 0 aliphatic rings. The molecule has 3 rings (SSSR count). The highest BCUT2D eigenvalue weighted by Crippen LogP contribution is 2.37. The summed E-state index contributed by atoms with van der Waals surface area (Å²) in [6, 6.07) is 19.0. The summed E-state index contributed by atoms with van der Waals surface area (Å²) < 4.78 is 0. The van der Waals surface area contributed by atoms with Gasteiger partial charge in [0.15, 0.2) is 5.78 Å². The van der Waals surface area contributed by atoms with E-state index in [4.69, 9.17) is 9.78 Å². The number of nitrogens with zero attached hydrogens (tertiary/aromatic N) is 2. The molecule has 0 saturated heterocycles. The molecule has 0 aliphatic carbocycles. The third-order valence-electron chi connectivity index (χ3n) is 4.90. The van der Waals surface area contributed by atoms with Crippen LogP contribution in [0.5, 0.6) is 11.5 Å². The molecular formula is C25H28N2O3. The quantitative estimate of drug-likeness (QED) is 0.314. The summed E-state index contributed by atoms with van der Waals surface area (Å²) in [5.41, 5.74) is 4.62. The molecular weight excluding hydrogens is 376 g/mol. The largest absolute Gasteiger partial charge is 0.375 e. The fourth-order valence-electron chi connectivity index (χ4n) is 3.27. The van der Waals surface area contributed by atoms with Crippen LogP contribution >= 0.6 is 0 Å². The smallest absolute Gasteiger partial charge is 0.213 e. The molecule has 5 heteroatoms. The highest BCUT2D eigenvalue weighted by Gasteiger charge is 2.23. The number of benzene rings is 3. The molecule has 5 nitrogen and oxygen atoms in total. The van der Waals surface area contributed by atoms with Crippen molar-refractivity contribution in [2.45, 2.75) is 13.8 Å². The number of ketones is 1. The summed E-state index contributed by atoms with van der Waals surface area (Å²) >= 11 is 0. The third-order valence-corrected chi connectivity index (χ3v) is 4.90. The van der Waals surface area contributed by atoms with Crippen molar-refractivity contribution in [1.82, 2.24) is 0 Å². The average Bonchev–Trinajstić information content (AvgIpc) is 2.72. The van der Waals surface area contributed by atoms with Crippen LogP contribution in [0.3, 0.4) is 0 Å². The molecule has 0 amide bonds. The second kappa shape index (κ2) is 8.91. The zero-order chi connectivity index (χ0) is 21.8. The van der Waals surface area contributed by atoms with E-state index in [2.05, 4.69) is 0 Å². The van der Waals surface area contributed by atoms with Gasteiger partial charge in [0.05, 0.1) is 16.9 Å². The van der Waals surface area contributed by atoms with Crippen molar-refractivity contribution in [3.63, 3.8) is 0 Å². The molecule has 0 aromatic heterocycles. The first-order valence-corrected chi connectivity index (χ1v) is 9.82. The Morgan fingerprint density at radius 2 is 1.40 bits per heavy atom. The van der Waals surface area contributed by atoms with Gasteiger partial charge in [-0.1, -0.05) is 42.5 Å². The summed E-state index contributed by atoms with van der Waals surface area (Å²) in [5, 5.41) is 0. The summed E-state index contributed by atoms with van der Waals surface area (Å²) in [7, 11) is 7.71. The zero-order valence-corrected chi connectivity index (χ0v) is 18.4. The average molecular weight is 405 g/mol. The lowest BCUT2D eigenvalue weighted by Crippen LogP contribution is -2.17. The maximum Gasteiger partial charge on any atom is 0.213 e. The molecule has 30 heavy (non-hydrogen) atoms. The number of hydrogen-bond acceptors (Lipinski definition) is 5. The fourth-order valence-corrected chi connectivity index (χ4v) is 3.27. The molecule has 0 N–H and O–H groups in total. The van der Waals surface area contributed by atoms with Crippen LogP contribution in [0.2, 0.25) is 0 Å². The number of aryl methyl sites for hydroxylation is 2. The Bertz CT molecular complexity index is 1040. The predicted octanol–water partition coefficient (Wildman–Crippen LogP) is 5.04. The van der Waals surface area contributed by atoms with Gasteiger partial charge in [-0.25, -0.2) is 0 Å². The monoisotopic (exact) mass is 404 g/mol. The minimum absolute atomic E-state index is 0.104. The second-order valence-electron chi connectivity index (χ2n) is 7.73. The van der Waals surface area contributed by atoms with Crippen molar-refractivity contribution in [3.8, 4) is 11.5 Å². The van der Waals surface area contributed by atoms with Crippen molar-refractivity contribution in [1.29, 1.82) is 0 Å². The van der Waals surface area contributed by atoms with Gasteiger partial charge >= 0.3 is 0 Å². The van der Waals surface area contributed by atoms with E-state index in [9.17, 15) is 4.79 Å². The number of carbonyl (C=O) groups is 1. The van der Waals surface area contributed by atoms with Crippen LogP contribution in [-0.2, 0) is 0 Å². The van der Waals surface area contributed by atoms with Crippen molar-refractivity contribution < 1.29 is 14.6 Å². The zero-order valence-electron chi connectivity index (χ0n) is 18.4. The summed E-state index contributed by atoms with van der Waals surface area (Å²) in [6.45, 7) is 3.90. The number of anilines is 2. The number of hydrogen-bond donors (Lipinski definition) is 0. The van der Waals surface area contributed by atoms with Gasteiger partial charge in [0.1, 0.15) is 0 Å². The van der Waals surface area contributed by atoms with Gasteiger partial charge in [0, 0.05) is 33.8 Å². The predicted molar refractivity (Wildman–Crippen MR) is 122 cm³/mol. The second-order valence-corrected chi connectivity index (χ2v) is 7.73. The maximum absolute atomic E-state index is 13.3. The molecule has 0 bridgehead atoms. The van der Waals surface area contributed by atoms with Crippen LogP contribution in [0.25, 0.3) is 0 Å². The Labute approximate surface area is 178 Å². The topological polar surface area (TPSA) is 42.0 Å². The lowest BCUT2D eigenvalue weighted by Gasteiger charge is -2.22. The van der Waals surface area contributed by atoms with Crippen molar-refractivity contribution in [2.24, 2.45) is 0 Å². The first-order valence-electron chi connectivity index (χ1n) is 9.82. The Kier molecular flexibility index (Phi) is 6.31. The van der Waals surface area contributed by atoms with Gasteiger partial charge in [0.2, 0.25) is 11.5 Å². The molecule has 0 atom stereocenters. The molecule has 3 aromatic carbocycles. The van der Waals surface area contributed by atoms with Crippen LogP contribution < -0.4 is 19.6 Å². The summed E-state index contributed by atoms with van der Waals surface area (Å²) in [5.74, 6) is 0.886. The van der Waals surface area contributed by atoms with E-state index in [0.717, 1.165) is 22.5 Å². The van der Waals surface area contributed by atoms with Crippen LogP contribution in [0, 0.1) is 13.8 Å². The van der Waals surface area contributed by atoms with Crippen LogP contribution in [0.4, 0.5) is 11.4 Å². The third kappa shape index (κ3) is 4.40. The SMILES string of the molecule is Cc1ccc(N(C)C)c(OOc2c(N(C)C)ccc(C)c2C(=O)c2ccccc2)c1. The lowest BCUT2D eigenvalue weighted by molar-refractivity contribution is -0.0992. The van der Waals surface area contributed by atoms with Crippen LogP contribution in [0.1, 0.15) is 27.0 Å². The van der Waals surface area contributed by atoms with Gasteiger partial charge in [0.25, 0.3) is 0 Å². The van der Waals surface area contributed by atoms with Gasteiger partial charge in [-0.3, -0.25) is 14.6 Å². The fraction of sp³-hybridized carbons (Fsp3) is 0.240. The summed E-state index contributed by atoms with van der Waals surface area (Å²) in [6.07, 6.45) is 0. The highest BCUT2D eigenvalue weighted by atomic mass is 17.2. The highest BCUT2D eigenvalue weighted by molar-refractivity contribution is 6.12. The van der Waals surface area contributed by atoms with Gasteiger partial charge in [-0.15, -0.1) is 0 Å². The van der Waals surface area contributed by atoms with Gasteiger partial charge in [-0.05, 0) is 43.2 Å². The van der Waals surface area contributed by atoms with Crippen LogP contribution in [-0.4, -0.2) is 34.0 Å². The lowest BCUT2D eigenvalue weighted by atomic mass is 9.97.